The number of nitrogens with zero attached hydrogens (tertiary/aromatic N) is 1. The van der Waals surface area contributed by atoms with Gasteiger partial charge in [0.2, 0.25) is 0 Å². The van der Waals surface area contributed by atoms with Gasteiger partial charge in [-0.25, -0.2) is 0 Å². The molecular formula is C18H20N2O4Sn. The average Bonchev–Trinajstić information content (AvgIpc) is 2.62. The van der Waals surface area contributed by atoms with Gasteiger partial charge in [0.05, 0.1) is 0 Å². The SMILES string of the molecule is O=C(O)C[N]1CCNCC(=O)[O][Sn]1([c]1ccccc1)[c]1ccccc1. The molecule has 0 spiro atoms. The number of carbonyl (C=O) groups is 2. The second kappa shape index (κ2) is 7.99. The molecule has 25 heavy (non-hydrogen) atoms. The summed E-state index contributed by atoms with van der Waals surface area (Å²) in [4.78, 5) is 24.0. The van der Waals surface area contributed by atoms with Gasteiger partial charge >= 0.3 is 151 Å². The van der Waals surface area contributed by atoms with E-state index in [4.69, 9.17) is 3.07 Å². The fourth-order valence-electron chi connectivity index (χ4n) is 3.16. The number of nitrogens with one attached hydrogen (secondary N) is 1. The number of rotatable bonds is 4. The average molecular weight is 447 g/mol. The van der Waals surface area contributed by atoms with Gasteiger partial charge in [0.15, 0.2) is 0 Å². The number of carboxylic acids is 1. The van der Waals surface area contributed by atoms with Gasteiger partial charge in [0.25, 0.3) is 0 Å². The molecule has 2 aromatic carbocycles. The molecule has 2 N–H and O–H groups in total. The van der Waals surface area contributed by atoms with Gasteiger partial charge in [-0.05, 0) is 0 Å². The fraction of sp³-hybridized carbons (Fsp3) is 0.222. The summed E-state index contributed by atoms with van der Waals surface area (Å²) in [6.07, 6.45) is 0. The van der Waals surface area contributed by atoms with Crippen LogP contribution in [0.5, 0.6) is 0 Å². The zero-order chi connectivity index (χ0) is 17.7. The molecule has 1 saturated heterocycles. The van der Waals surface area contributed by atoms with E-state index in [9.17, 15) is 14.7 Å². The van der Waals surface area contributed by atoms with E-state index in [1.165, 1.54) is 0 Å². The van der Waals surface area contributed by atoms with Gasteiger partial charge < -0.3 is 0 Å². The molecule has 7 heteroatoms. The molecular weight excluding hydrogens is 427 g/mol. The van der Waals surface area contributed by atoms with E-state index in [1.54, 1.807) is 0 Å². The van der Waals surface area contributed by atoms with E-state index < -0.39 is 25.0 Å². The third-order valence-electron chi connectivity index (χ3n) is 4.19. The molecule has 1 aliphatic heterocycles. The van der Waals surface area contributed by atoms with Gasteiger partial charge in [-0.1, -0.05) is 0 Å². The maximum absolute atomic E-state index is 12.4. The van der Waals surface area contributed by atoms with Crippen molar-refractivity contribution in [3.05, 3.63) is 60.7 Å². The molecule has 0 atom stereocenters. The van der Waals surface area contributed by atoms with E-state index in [1.807, 2.05) is 63.8 Å². The topological polar surface area (TPSA) is 78.9 Å². The Kier molecular flexibility index (Phi) is 5.72. The number of carboxylic acid groups (broad SMARTS) is 1. The summed E-state index contributed by atoms with van der Waals surface area (Å²) >= 11 is -4.20. The van der Waals surface area contributed by atoms with Crippen molar-refractivity contribution in [2.24, 2.45) is 0 Å². The zero-order valence-electron chi connectivity index (χ0n) is 13.7. The van der Waals surface area contributed by atoms with Crippen molar-refractivity contribution >= 4 is 38.2 Å². The van der Waals surface area contributed by atoms with Crippen LogP contribution in [-0.2, 0) is 12.7 Å². The van der Waals surface area contributed by atoms with Crippen LogP contribution in [0.4, 0.5) is 0 Å². The van der Waals surface area contributed by atoms with Crippen LogP contribution in [0.1, 0.15) is 0 Å². The van der Waals surface area contributed by atoms with Crippen molar-refractivity contribution in [3.8, 4) is 0 Å². The van der Waals surface area contributed by atoms with Crippen LogP contribution in [0.3, 0.4) is 0 Å². The maximum atomic E-state index is 12.4. The second-order valence-corrected chi connectivity index (χ2v) is 15.2. The molecule has 0 amide bonds. The summed E-state index contributed by atoms with van der Waals surface area (Å²) in [6, 6.07) is 19.2. The van der Waals surface area contributed by atoms with Crippen LogP contribution in [0.15, 0.2) is 60.7 Å². The van der Waals surface area contributed by atoms with Crippen molar-refractivity contribution in [3.63, 3.8) is 0 Å². The van der Waals surface area contributed by atoms with E-state index >= 15 is 0 Å². The number of benzene rings is 2. The molecule has 0 aliphatic carbocycles. The summed E-state index contributed by atoms with van der Waals surface area (Å²) in [5.41, 5.74) is 0. The van der Waals surface area contributed by atoms with E-state index in [0.717, 1.165) is 7.16 Å². The normalized spacial score (nSPS) is 18.0. The molecule has 0 radical (unpaired) electrons. The predicted molar refractivity (Wildman–Crippen MR) is 96.1 cm³/mol. The number of hydrogen-bond donors (Lipinski definition) is 2. The molecule has 1 fully saturated rings. The van der Waals surface area contributed by atoms with Crippen molar-refractivity contribution in [1.29, 1.82) is 0 Å². The van der Waals surface area contributed by atoms with E-state index in [0.29, 0.717) is 13.1 Å². The summed E-state index contributed by atoms with van der Waals surface area (Å²) in [5, 5.41) is 12.5. The van der Waals surface area contributed by atoms with E-state index in [-0.39, 0.29) is 19.1 Å². The predicted octanol–water partition coefficient (Wildman–Crippen LogP) is -0.224. The fourth-order valence-corrected chi connectivity index (χ4v) is 14.3. The number of aliphatic carboxylic acids is 1. The molecule has 130 valence electrons. The Morgan fingerprint density at radius 3 is 2.16 bits per heavy atom. The van der Waals surface area contributed by atoms with Crippen molar-refractivity contribution < 1.29 is 17.8 Å². The molecule has 6 nitrogen and oxygen atoms in total. The number of hydrogen-bond acceptors (Lipinski definition) is 5. The van der Waals surface area contributed by atoms with Crippen molar-refractivity contribution in [2.75, 3.05) is 26.2 Å². The van der Waals surface area contributed by atoms with Crippen molar-refractivity contribution in [2.45, 2.75) is 0 Å². The Balaban J connectivity index is 2.22. The Hall–Kier alpha value is -1.90. The standard InChI is InChI=1S/C6H11N2O4.2C6H5.Sn/c9-5(10)3-7-1-2-8-4-6(11)12;2*1-2-4-6-5-3-1;/h7H,1-4H2,(H,9,10)(H,11,12);2*1-5H;/q-1;;;+2/p-1. The summed E-state index contributed by atoms with van der Waals surface area (Å²) in [5.74, 6) is -1.26. The Labute approximate surface area is 151 Å². The van der Waals surface area contributed by atoms with Gasteiger partial charge in [0, 0.05) is 0 Å². The first-order valence-electron chi connectivity index (χ1n) is 8.13. The van der Waals surface area contributed by atoms with Crippen LogP contribution < -0.4 is 12.5 Å². The van der Waals surface area contributed by atoms with Gasteiger partial charge in [-0.15, -0.1) is 0 Å². The van der Waals surface area contributed by atoms with Crippen LogP contribution in [0, 0.1) is 0 Å². The van der Waals surface area contributed by atoms with Crippen LogP contribution in [0.25, 0.3) is 0 Å². The summed E-state index contributed by atoms with van der Waals surface area (Å²) in [7, 11) is 0. The molecule has 1 aliphatic rings. The third kappa shape index (κ3) is 3.86. The molecule has 0 saturated carbocycles. The minimum atomic E-state index is -4.20. The third-order valence-corrected chi connectivity index (χ3v) is 15.7. The van der Waals surface area contributed by atoms with Crippen LogP contribution >= 0.6 is 0 Å². The van der Waals surface area contributed by atoms with E-state index in [2.05, 4.69) is 5.32 Å². The van der Waals surface area contributed by atoms with Gasteiger partial charge in [0.1, 0.15) is 0 Å². The quantitative estimate of drug-likeness (QED) is 0.632. The first kappa shape index (κ1) is 17.9. The summed E-state index contributed by atoms with van der Waals surface area (Å²) < 4.78 is 9.89. The summed E-state index contributed by atoms with van der Waals surface area (Å²) in [6.45, 7) is 1.04. The molecule has 1 heterocycles. The Morgan fingerprint density at radius 1 is 1.08 bits per heavy atom. The first-order chi connectivity index (χ1) is 12.1. The minimum absolute atomic E-state index is 0.138. The molecule has 3 rings (SSSR count). The molecule has 0 unspecified atom stereocenters. The zero-order valence-corrected chi connectivity index (χ0v) is 16.6. The number of carbonyl (C=O) groups excluding carboxylic acids is 1. The van der Waals surface area contributed by atoms with Gasteiger partial charge in [-0.3, -0.25) is 0 Å². The first-order valence-corrected chi connectivity index (χ1v) is 13.4. The molecule has 0 aromatic heterocycles. The van der Waals surface area contributed by atoms with Crippen molar-refractivity contribution in [1.82, 2.24) is 8.44 Å². The van der Waals surface area contributed by atoms with Gasteiger partial charge in [-0.2, -0.15) is 0 Å². The molecule has 2 aromatic rings. The second-order valence-electron chi connectivity index (χ2n) is 5.84. The Bertz CT molecular complexity index is 700. The monoisotopic (exact) mass is 448 g/mol. The van der Waals surface area contributed by atoms with Crippen LogP contribution in [0.2, 0.25) is 0 Å². The Morgan fingerprint density at radius 2 is 1.64 bits per heavy atom. The molecule has 0 bridgehead atoms. The van der Waals surface area contributed by atoms with Crippen LogP contribution in [-0.4, -0.2) is 65.4 Å².